The number of rotatable bonds is 8. The topological polar surface area (TPSA) is 90.9 Å². The van der Waals surface area contributed by atoms with Crippen LogP contribution in [-0.4, -0.2) is 35.2 Å². The van der Waals surface area contributed by atoms with Gasteiger partial charge in [-0.3, -0.25) is 14.4 Å². The number of benzene rings is 2. The number of carbonyl (C=O) groups excluding carboxylic acids is 3. The predicted octanol–water partition coefficient (Wildman–Crippen LogP) is 5.53. The zero-order chi connectivity index (χ0) is 28.1. The van der Waals surface area contributed by atoms with Crippen LogP contribution in [0.25, 0.3) is 0 Å². The van der Waals surface area contributed by atoms with E-state index in [9.17, 15) is 14.4 Å². The quantitative estimate of drug-likeness (QED) is 0.276. The Morgan fingerprint density at radius 3 is 1.84 bits per heavy atom. The van der Waals surface area contributed by atoms with Gasteiger partial charge >= 0.3 is 17.9 Å². The van der Waals surface area contributed by atoms with Gasteiger partial charge in [-0.1, -0.05) is 60.7 Å². The van der Waals surface area contributed by atoms with E-state index in [0.717, 1.165) is 11.1 Å². The molecule has 1 saturated carbocycles. The van der Waals surface area contributed by atoms with Crippen LogP contribution in [0.1, 0.15) is 78.5 Å². The molecule has 0 spiro atoms. The maximum absolute atomic E-state index is 13.7. The van der Waals surface area contributed by atoms with Crippen LogP contribution < -0.4 is 5.32 Å². The molecule has 3 rings (SSSR count). The molecule has 0 amide bonds. The summed E-state index contributed by atoms with van der Waals surface area (Å²) in [6.45, 7) is 12.6. The highest BCUT2D eigenvalue weighted by molar-refractivity contribution is 6.01. The van der Waals surface area contributed by atoms with Crippen LogP contribution in [0.2, 0.25) is 0 Å². The molecule has 1 aliphatic carbocycles. The number of ether oxygens (including phenoxy) is 3. The molecule has 2 aromatic carbocycles. The molecule has 38 heavy (non-hydrogen) atoms. The highest BCUT2D eigenvalue weighted by Crippen LogP contribution is 2.46. The van der Waals surface area contributed by atoms with E-state index in [-0.39, 0.29) is 25.5 Å². The van der Waals surface area contributed by atoms with Crippen LogP contribution in [0.15, 0.2) is 60.7 Å². The summed E-state index contributed by atoms with van der Waals surface area (Å²) >= 11 is 0. The van der Waals surface area contributed by atoms with E-state index in [1.807, 2.05) is 67.6 Å². The number of hydrogen-bond acceptors (Lipinski definition) is 7. The first kappa shape index (κ1) is 29.4. The minimum Gasteiger partial charge on any atom is -0.461 e. The van der Waals surface area contributed by atoms with Crippen LogP contribution in [0, 0.1) is 11.3 Å². The Bertz CT molecular complexity index is 1070. The van der Waals surface area contributed by atoms with Crippen LogP contribution in [-0.2, 0) is 35.2 Å². The number of hydrogen-bond donors (Lipinski definition) is 1. The maximum atomic E-state index is 13.7. The van der Waals surface area contributed by atoms with Crippen molar-refractivity contribution < 1.29 is 28.6 Å². The van der Waals surface area contributed by atoms with E-state index < -0.39 is 46.5 Å². The molecule has 0 aromatic heterocycles. The standard InChI is InChI=1S/C31H41NO6/c1-21(23-16-12-9-13-17-23)32-25-19-31(27(34)37-29(2,3)4,28(35)38-30(5,6)7)18-24(25)26(33)36-20-22-14-10-8-11-15-22/h8-17,21,24-25,32H,18-20H2,1-7H3/t21-,24-,25-/m0/s1. The lowest BCUT2D eigenvalue weighted by Gasteiger charge is -2.32. The van der Waals surface area contributed by atoms with E-state index in [1.54, 1.807) is 41.5 Å². The normalized spacial score (nSPS) is 19.9. The van der Waals surface area contributed by atoms with Gasteiger partial charge in [0.2, 0.25) is 0 Å². The van der Waals surface area contributed by atoms with Gasteiger partial charge < -0.3 is 19.5 Å². The Labute approximate surface area is 226 Å². The van der Waals surface area contributed by atoms with Crippen LogP contribution in [0.5, 0.6) is 0 Å². The second-order valence-corrected chi connectivity index (χ2v) is 12.1. The summed E-state index contributed by atoms with van der Waals surface area (Å²) in [7, 11) is 0. The Morgan fingerprint density at radius 2 is 1.34 bits per heavy atom. The first-order valence-corrected chi connectivity index (χ1v) is 13.2. The van der Waals surface area contributed by atoms with Crippen molar-refractivity contribution in [3.05, 3.63) is 71.8 Å². The van der Waals surface area contributed by atoms with E-state index in [1.165, 1.54) is 0 Å². The summed E-state index contributed by atoms with van der Waals surface area (Å²) in [5.74, 6) is -2.60. The molecule has 7 nitrogen and oxygen atoms in total. The smallest absolute Gasteiger partial charge is 0.324 e. The molecular weight excluding hydrogens is 482 g/mol. The van der Waals surface area contributed by atoms with E-state index >= 15 is 0 Å². The fourth-order valence-corrected chi connectivity index (χ4v) is 4.70. The molecule has 1 N–H and O–H groups in total. The third kappa shape index (κ3) is 7.67. The van der Waals surface area contributed by atoms with Gasteiger partial charge in [-0.2, -0.15) is 0 Å². The van der Waals surface area contributed by atoms with E-state index in [0.29, 0.717) is 0 Å². The Morgan fingerprint density at radius 1 is 0.842 bits per heavy atom. The van der Waals surface area contributed by atoms with Crippen molar-refractivity contribution in [2.45, 2.75) is 91.2 Å². The molecule has 0 heterocycles. The molecular formula is C31H41NO6. The summed E-state index contributed by atoms with van der Waals surface area (Å²) < 4.78 is 17.2. The first-order chi connectivity index (χ1) is 17.7. The Balaban J connectivity index is 1.95. The van der Waals surface area contributed by atoms with Crippen LogP contribution in [0.3, 0.4) is 0 Å². The minimum atomic E-state index is -1.65. The lowest BCUT2D eigenvalue weighted by Crippen LogP contribution is -2.46. The average molecular weight is 524 g/mol. The SMILES string of the molecule is C[C@H](N[C@H]1CC(C(=O)OC(C)(C)C)(C(=O)OC(C)(C)C)C[C@@H]1C(=O)OCc1ccccc1)c1ccccc1. The highest BCUT2D eigenvalue weighted by Gasteiger charge is 2.61. The van der Waals surface area contributed by atoms with Crippen molar-refractivity contribution in [2.75, 3.05) is 0 Å². The van der Waals surface area contributed by atoms with Gasteiger partial charge in [0, 0.05) is 12.1 Å². The van der Waals surface area contributed by atoms with Crippen molar-refractivity contribution in [3.8, 4) is 0 Å². The number of carbonyl (C=O) groups is 3. The summed E-state index contributed by atoms with van der Waals surface area (Å²) in [6.07, 6.45) is -0.0112. The van der Waals surface area contributed by atoms with Gasteiger partial charge in [0.25, 0.3) is 0 Å². The summed E-state index contributed by atoms with van der Waals surface area (Å²) in [6, 6.07) is 18.5. The summed E-state index contributed by atoms with van der Waals surface area (Å²) in [5, 5.41) is 3.50. The maximum Gasteiger partial charge on any atom is 0.324 e. The van der Waals surface area contributed by atoms with Crippen LogP contribution in [0.4, 0.5) is 0 Å². The Hall–Kier alpha value is -3.19. The predicted molar refractivity (Wildman–Crippen MR) is 145 cm³/mol. The lowest BCUT2D eigenvalue weighted by molar-refractivity contribution is -0.185. The molecule has 0 unspecified atom stereocenters. The van der Waals surface area contributed by atoms with E-state index in [4.69, 9.17) is 14.2 Å². The molecule has 0 bridgehead atoms. The van der Waals surface area contributed by atoms with Crippen molar-refractivity contribution in [1.82, 2.24) is 5.32 Å². The monoisotopic (exact) mass is 523 g/mol. The second-order valence-electron chi connectivity index (χ2n) is 12.1. The largest absolute Gasteiger partial charge is 0.461 e. The van der Waals surface area contributed by atoms with Crippen molar-refractivity contribution >= 4 is 17.9 Å². The van der Waals surface area contributed by atoms with Gasteiger partial charge in [-0.05, 0) is 72.4 Å². The van der Waals surface area contributed by atoms with Crippen molar-refractivity contribution in [2.24, 2.45) is 11.3 Å². The van der Waals surface area contributed by atoms with Crippen molar-refractivity contribution in [1.29, 1.82) is 0 Å². The fourth-order valence-electron chi connectivity index (χ4n) is 4.70. The van der Waals surface area contributed by atoms with Gasteiger partial charge in [-0.15, -0.1) is 0 Å². The Kier molecular flexibility index (Phi) is 9.03. The highest BCUT2D eigenvalue weighted by atomic mass is 16.6. The first-order valence-electron chi connectivity index (χ1n) is 13.2. The third-order valence-electron chi connectivity index (χ3n) is 6.49. The molecule has 2 aromatic rings. The fraction of sp³-hybridized carbons (Fsp3) is 0.516. The second kappa shape index (κ2) is 11.7. The van der Waals surface area contributed by atoms with Crippen molar-refractivity contribution in [3.63, 3.8) is 0 Å². The molecule has 0 radical (unpaired) electrons. The molecule has 0 aliphatic heterocycles. The minimum absolute atomic E-state index is 0.0547. The molecule has 3 atom stereocenters. The summed E-state index contributed by atoms with van der Waals surface area (Å²) in [4.78, 5) is 40.8. The van der Waals surface area contributed by atoms with Gasteiger partial charge in [0.05, 0.1) is 5.92 Å². The molecule has 206 valence electrons. The van der Waals surface area contributed by atoms with Gasteiger partial charge in [0.1, 0.15) is 17.8 Å². The third-order valence-corrected chi connectivity index (χ3v) is 6.49. The van der Waals surface area contributed by atoms with Gasteiger partial charge in [0.15, 0.2) is 5.41 Å². The zero-order valence-electron chi connectivity index (χ0n) is 23.6. The van der Waals surface area contributed by atoms with Gasteiger partial charge in [-0.25, -0.2) is 0 Å². The molecule has 1 fully saturated rings. The average Bonchev–Trinajstić information content (AvgIpc) is 3.22. The molecule has 1 aliphatic rings. The lowest BCUT2D eigenvalue weighted by atomic mass is 9.84. The summed E-state index contributed by atoms with van der Waals surface area (Å²) in [5.41, 5.74) is -1.41. The molecule has 7 heteroatoms. The molecule has 0 saturated heterocycles. The van der Waals surface area contributed by atoms with E-state index in [2.05, 4.69) is 5.32 Å². The van der Waals surface area contributed by atoms with Crippen LogP contribution >= 0.6 is 0 Å². The number of esters is 3. The number of nitrogens with one attached hydrogen (secondary N) is 1. The zero-order valence-corrected chi connectivity index (χ0v) is 23.6.